The van der Waals surface area contributed by atoms with Gasteiger partial charge < -0.3 is 15.2 Å². The lowest BCUT2D eigenvalue weighted by Crippen LogP contribution is -2.30. The molecule has 1 unspecified atom stereocenters. The van der Waals surface area contributed by atoms with E-state index in [1.807, 2.05) is 0 Å². The van der Waals surface area contributed by atoms with Crippen LogP contribution in [0.25, 0.3) is 0 Å². The summed E-state index contributed by atoms with van der Waals surface area (Å²) in [5.41, 5.74) is 0.556. The molecule has 0 saturated heterocycles. The van der Waals surface area contributed by atoms with E-state index < -0.39 is 17.8 Å². The Hall–Kier alpha value is -2.21. The maximum absolute atomic E-state index is 12.9. The first-order chi connectivity index (χ1) is 10.5. The minimum atomic E-state index is -1.04. The van der Waals surface area contributed by atoms with Gasteiger partial charge in [0, 0.05) is 13.0 Å². The van der Waals surface area contributed by atoms with Crippen molar-refractivity contribution >= 4 is 11.9 Å². The summed E-state index contributed by atoms with van der Waals surface area (Å²) >= 11 is 0. The van der Waals surface area contributed by atoms with Crippen LogP contribution >= 0.6 is 0 Å². The van der Waals surface area contributed by atoms with Gasteiger partial charge in [-0.1, -0.05) is 18.2 Å². The molecule has 0 spiro atoms. The van der Waals surface area contributed by atoms with Gasteiger partial charge in [0.1, 0.15) is 5.82 Å². The zero-order chi connectivity index (χ0) is 16.4. The molecule has 0 aliphatic rings. The van der Waals surface area contributed by atoms with Crippen LogP contribution in [0.1, 0.15) is 30.9 Å². The van der Waals surface area contributed by atoms with Crippen LogP contribution in [0.3, 0.4) is 0 Å². The van der Waals surface area contributed by atoms with Gasteiger partial charge in [-0.25, -0.2) is 4.39 Å². The number of halogens is 1. The van der Waals surface area contributed by atoms with Crippen LogP contribution in [0, 0.1) is 5.82 Å². The molecule has 0 radical (unpaired) electrons. The van der Waals surface area contributed by atoms with Gasteiger partial charge in [0.05, 0.1) is 19.1 Å². The number of carboxylic acids is 1. The van der Waals surface area contributed by atoms with Crippen molar-refractivity contribution in [2.75, 3.05) is 13.2 Å². The summed E-state index contributed by atoms with van der Waals surface area (Å²) in [5.74, 6) is -1.72. The third-order valence-corrected chi connectivity index (χ3v) is 2.91. The van der Waals surface area contributed by atoms with Crippen LogP contribution in [0.5, 0.6) is 0 Å². The topological polar surface area (TPSA) is 75.6 Å². The van der Waals surface area contributed by atoms with E-state index in [4.69, 9.17) is 9.84 Å². The number of benzene rings is 1. The molecule has 0 fully saturated rings. The first-order valence-corrected chi connectivity index (χ1v) is 6.98. The summed E-state index contributed by atoms with van der Waals surface area (Å²) in [6, 6.07) is 4.73. The third-order valence-electron chi connectivity index (χ3n) is 2.91. The van der Waals surface area contributed by atoms with E-state index in [1.54, 1.807) is 6.08 Å². The SMILES string of the molecule is C=CCOCCCC(=O)NC(CC(=O)O)c1ccc(F)cc1. The molecule has 0 heterocycles. The van der Waals surface area contributed by atoms with Gasteiger partial charge in [0.2, 0.25) is 5.91 Å². The monoisotopic (exact) mass is 309 g/mol. The number of hydrogen-bond donors (Lipinski definition) is 2. The summed E-state index contributed by atoms with van der Waals surface area (Å²) in [4.78, 5) is 22.8. The second kappa shape index (κ2) is 9.68. The Morgan fingerprint density at radius 3 is 2.64 bits per heavy atom. The summed E-state index contributed by atoms with van der Waals surface area (Å²) in [7, 11) is 0. The number of nitrogens with one attached hydrogen (secondary N) is 1. The van der Waals surface area contributed by atoms with Gasteiger partial charge in [-0.2, -0.15) is 0 Å². The van der Waals surface area contributed by atoms with E-state index in [-0.39, 0.29) is 18.7 Å². The zero-order valence-electron chi connectivity index (χ0n) is 12.3. The molecule has 0 aliphatic heterocycles. The molecule has 2 N–H and O–H groups in total. The van der Waals surface area contributed by atoms with Crippen molar-refractivity contribution in [3.8, 4) is 0 Å². The number of carboxylic acid groups (broad SMARTS) is 1. The van der Waals surface area contributed by atoms with Gasteiger partial charge >= 0.3 is 5.97 Å². The predicted octanol–water partition coefficient (Wildman–Crippen LogP) is 2.44. The molecule has 6 heteroatoms. The van der Waals surface area contributed by atoms with Crippen molar-refractivity contribution in [3.05, 3.63) is 48.3 Å². The van der Waals surface area contributed by atoms with Crippen molar-refractivity contribution < 1.29 is 23.8 Å². The zero-order valence-corrected chi connectivity index (χ0v) is 12.3. The number of hydrogen-bond acceptors (Lipinski definition) is 3. The molecule has 0 bridgehead atoms. The Morgan fingerprint density at radius 1 is 1.36 bits per heavy atom. The molecular weight excluding hydrogens is 289 g/mol. The largest absolute Gasteiger partial charge is 0.481 e. The maximum Gasteiger partial charge on any atom is 0.305 e. The van der Waals surface area contributed by atoms with E-state index in [0.29, 0.717) is 25.2 Å². The van der Waals surface area contributed by atoms with Crippen LogP contribution in [0.4, 0.5) is 4.39 Å². The van der Waals surface area contributed by atoms with E-state index in [9.17, 15) is 14.0 Å². The Labute approximate surface area is 128 Å². The van der Waals surface area contributed by atoms with Crippen molar-refractivity contribution in [3.63, 3.8) is 0 Å². The highest BCUT2D eigenvalue weighted by Gasteiger charge is 2.18. The second-order valence-corrected chi connectivity index (χ2v) is 4.74. The van der Waals surface area contributed by atoms with Gasteiger partial charge in [0.25, 0.3) is 0 Å². The molecule has 1 aromatic carbocycles. The second-order valence-electron chi connectivity index (χ2n) is 4.74. The predicted molar refractivity (Wildman–Crippen MR) is 79.8 cm³/mol. The lowest BCUT2D eigenvalue weighted by molar-refractivity contribution is -0.137. The number of carbonyl (C=O) groups is 2. The van der Waals surface area contributed by atoms with Crippen LogP contribution < -0.4 is 5.32 Å². The standard InChI is InChI=1S/C16H20FNO4/c1-2-9-22-10-3-4-15(19)18-14(11-16(20)21)12-5-7-13(17)8-6-12/h2,5-8,14H,1,3-4,9-11H2,(H,18,19)(H,20,21). The molecule has 1 atom stereocenters. The van der Waals surface area contributed by atoms with E-state index in [0.717, 1.165) is 0 Å². The fraction of sp³-hybridized carbons (Fsp3) is 0.375. The average Bonchev–Trinajstić information content (AvgIpc) is 2.46. The Balaban J connectivity index is 2.53. The van der Waals surface area contributed by atoms with Crippen LogP contribution in [-0.2, 0) is 14.3 Å². The molecule has 1 aromatic rings. The molecular formula is C16H20FNO4. The number of rotatable bonds is 10. The summed E-state index contributed by atoms with van der Waals surface area (Å²) < 4.78 is 18.1. The van der Waals surface area contributed by atoms with Crippen molar-refractivity contribution in [2.45, 2.75) is 25.3 Å². The summed E-state index contributed by atoms with van der Waals surface area (Å²) in [6.45, 7) is 4.37. The molecule has 22 heavy (non-hydrogen) atoms. The highest BCUT2D eigenvalue weighted by molar-refractivity contribution is 5.77. The smallest absolute Gasteiger partial charge is 0.305 e. The normalized spacial score (nSPS) is 11.7. The van der Waals surface area contributed by atoms with Crippen molar-refractivity contribution in [1.82, 2.24) is 5.32 Å². The summed E-state index contributed by atoms with van der Waals surface area (Å²) in [5, 5.41) is 11.6. The highest BCUT2D eigenvalue weighted by Crippen LogP contribution is 2.17. The Kier molecular flexibility index (Phi) is 7.85. The van der Waals surface area contributed by atoms with Gasteiger partial charge in [-0.15, -0.1) is 6.58 Å². The van der Waals surface area contributed by atoms with Crippen molar-refractivity contribution in [2.24, 2.45) is 0 Å². The number of aliphatic carboxylic acids is 1. The lowest BCUT2D eigenvalue weighted by Gasteiger charge is -2.17. The van der Waals surface area contributed by atoms with Crippen LogP contribution in [0.15, 0.2) is 36.9 Å². The molecule has 0 aromatic heterocycles. The first-order valence-electron chi connectivity index (χ1n) is 6.98. The Morgan fingerprint density at radius 2 is 2.05 bits per heavy atom. The van der Waals surface area contributed by atoms with Crippen molar-refractivity contribution in [1.29, 1.82) is 0 Å². The fourth-order valence-corrected chi connectivity index (χ4v) is 1.89. The minimum absolute atomic E-state index is 0.231. The van der Waals surface area contributed by atoms with E-state index >= 15 is 0 Å². The van der Waals surface area contributed by atoms with Crippen LogP contribution in [0.2, 0.25) is 0 Å². The quantitative estimate of drug-likeness (QED) is 0.514. The first kappa shape index (κ1) is 17.8. The van der Waals surface area contributed by atoms with E-state index in [2.05, 4.69) is 11.9 Å². The minimum Gasteiger partial charge on any atom is -0.481 e. The number of amides is 1. The molecule has 120 valence electrons. The maximum atomic E-state index is 12.9. The molecule has 1 rings (SSSR count). The Bertz CT molecular complexity index is 501. The molecule has 1 amide bonds. The average molecular weight is 309 g/mol. The molecule has 5 nitrogen and oxygen atoms in total. The summed E-state index contributed by atoms with van der Waals surface area (Å²) in [6.07, 6.45) is 2.12. The molecule has 0 aliphatic carbocycles. The fourth-order valence-electron chi connectivity index (χ4n) is 1.89. The van der Waals surface area contributed by atoms with Gasteiger partial charge in [-0.3, -0.25) is 9.59 Å². The van der Waals surface area contributed by atoms with Gasteiger partial charge in [-0.05, 0) is 24.1 Å². The highest BCUT2D eigenvalue weighted by atomic mass is 19.1. The van der Waals surface area contributed by atoms with Crippen LogP contribution in [-0.4, -0.2) is 30.2 Å². The van der Waals surface area contributed by atoms with Gasteiger partial charge in [0.15, 0.2) is 0 Å². The lowest BCUT2D eigenvalue weighted by atomic mass is 10.0. The third kappa shape index (κ3) is 6.99. The van der Waals surface area contributed by atoms with E-state index in [1.165, 1.54) is 24.3 Å². The number of ether oxygens (including phenoxy) is 1. The molecule has 0 saturated carbocycles. The number of carbonyl (C=O) groups excluding carboxylic acids is 1.